The van der Waals surface area contributed by atoms with Crippen LogP contribution in [0.4, 0.5) is 5.95 Å². The first-order chi connectivity index (χ1) is 8.69. The summed E-state index contributed by atoms with van der Waals surface area (Å²) in [5.41, 5.74) is 1.12. The van der Waals surface area contributed by atoms with Gasteiger partial charge >= 0.3 is 0 Å². The molecule has 1 aromatic heterocycles. The van der Waals surface area contributed by atoms with E-state index >= 15 is 0 Å². The van der Waals surface area contributed by atoms with Gasteiger partial charge in [-0.05, 0) is 33.0 Å². The lowest BCUT2D eigenvalue weighted by molar-refractivity contribution is 0.395. The van der Waals surface area contributed by atoms with Crippen LogP contribution in [0.2, 0.25) is 0 Å². The predicted octanol–water partition coefficient (Wildman–Crippen LogP) is 0.584. The zero-order chi connectivity index (χ0) is 13.0. The van der Waals surface area contributed by atoms with Gasteiger partial charge in [0.25, 0.3) is 0 Å². The van der Waals surface area contributed by atoms with E-state index in [-0.39, 0.29) is 0 Å². The van der Waals surface area contributed by atoms with Crippen molar-refractivity contribution in [2.75, 3.05) is 45.7 Å². The van der Waals surface area contributed by atoms with Crippen LogP contribution in [-0.2, 0) is 6.54 Å². The molecule has 5 nitrogen and oxygen atoms in total. The molecule has 1 aliphatic heterocycles. The zero-order valence-corrected chi connectivity index (χ0v) is 11.6. The van der Waals surface area contributed by atoms with Gasteiger partial charge in [-0.25, -0.2) is 9.97 Å². The third kappa shape index (κ3) is 3.40. The molecule has 1 saturated heterocycles. The molecule has 0 saturated carbocycles. The number of nitrogens with one attached hydrogen (secondary N) is 1. The molecule has 0 amide bonds. The molecule has 1 aromatic rings. The molecule has 100 valence electrons. The van der Waals surface area contributed by atoms with Crippen molar-refractivity contribution in [3.63, 3.8) is 0 Å². The Labute approximate surface area is 109 Å². The number of hydrogen-bond acceptors (Lipinski definition) is 5. The van der Waals surface area contributed by atoms with Gasteiger partial charge in [0, 0.05) is 44.6 Å². The standard InChI is InChI=1S/C13H23N5/c1-14-6-12-7-15-13(16-8-12)18(3)10-11-4-5-17(2)9-11/h7-8,11,14H,4-6,9-10H2,1-3H3. The summed E-state index contributed by atoms with van der Waals surface area (Å²) >= 11 is 0. The minimum Gasteiger partial charge on any atom is -0.344 e. The lowest BCUT2D eigenvalue weighted by Crippen LogP contribution is -2.28. The summed E-state index contributed by atoms with van der Waals surface area (Å²) in [6.45, 7) is 4.25. The fourth-order valence-corrected chi connectivity index (χ4v) is 2.48. The molecule has 18 heavy (non-hydrogen) atoms. The van der Waals surface area contributed by atoms with Crippen LogP contribution in [0, 0.1) is 5.92 Å². The molecule has 1 N–H and O–H groups in total. The number of nitrogens with zero attached hydrogens (tertiary/aromatic N) is 4. The van der Waals surface area contributed by atoms with Gasteiger partial charge in [0.15, 0.2) is 0 Å². The first kappa shape index (κ1) is 13.2. The van der Waals surface area contributed by atoms with E-state index < -0.39 is 0 Å². The minimum atomic E-state index is 0.737. The number of aromatic nitrogens is 2. The highest BCUT2D eigenvalue weighted by molar-refractivity contribution is 5.28. The average molecular weight is 249 g/mol. The van der Waals surface area contributed by atoms with Crippen molar-refractivity contribution in [2.24, 2.45) is 5.92 Å². The van der Waals surface area contributed by atoms with Crippen molar-refractivity contribution >= 4 is 5.95 Å². The lowest BCUT2D eigenvalue weighted by atomic mass is 10.1. The van der Waals surface area contributed by atoms with Crippen molar-refractivity contribution < 1.29 is 0 Å². The molecule has 2 heterocycles. The molecule has 5 heteroatoms. The quantitative estimate of drug-likeness (QED) is 0.827. The number of hydrogen-bond donors (Lipinski definition) is 1. The normalized spacial score (nSPS) is 20.3. The molecule has 0 bridgehead atoms. The van der Waals surface area contributed by atoms with Crippen molar-refractivity contribution in [3.05, 3.63) is 18.0 Å². The van der Waals surface area contributed by atoms with Crippen molar-refractivity contribution in [3.8, 4) is 0 Å². The van der Waals surface area contributed by atoms with Crippen LogP contribution in [0.15, 0.2) is 12.4 Å². The molecule has 0 radical (unpaired) electrons. The molecular weight excluding hydrogens is 226 g/mol. The second kappa shape index (κ2) is 6.11. The fourth-order valence-electron chi connectivity index (χ4n) is 2.48. The third-order valence-electron chi connectivity index (χ3n) is 3.44. The van der Waals surface area contributed by atoms with E-state index in [1.165, 1.54) is 19.5 Å². The number of anilines is 1. The van der Waals surface area contributed by atoms with Gasteiger partial charge < -0.3 is 15.1 Å². The smallest absolute Gasteiger partial charge is 0.225 e. The molecule has 2 rings (SSSR count). The van der Waals surface area contributed by atoms with Gasteiger partial charge in [0.2, 0.25) is 5.95 Å². The summed E-state index contributed by atoms with van der Waals surface area (Å²) in [5, 5.41) is 3.10. The minimum absolute atomic E-state index is 0.737. The Bertz CT molecular complexity index is 364. The van der Waals surface area contributed by atoms with Crippen molar-refractivity contribution in [1.29, 1.82) is 0 Å². The second-order valence-electron chi connectivity index (χ2n) is 5.22. The van der Waals surface area contributed by atoms with E-state index in [1.54, 1.807) is 0 Å². The zero-order valence-electron chi connectivity index (χ0n) is 11.6. The van der Waals surface area contributed by atoms with Crippen molar-refractivity contribution in [1.82, 2.24) is 20.2 Å². The lowest BCUT2D eigenvalue weighted by Gasteiger charge is -2.21. The van der Waals surface area contributed by atoms with Gasteiger partial charge in [-0.2, -0.15) is 0 Å². The summed E-state index contributed by atoms with van der Waals surface area (Å²) in [7, 11) is 6.19. The Kier molecular flexibility index (Phi) is 4.49. The summed E-state index contributed by atoms with van der Waals surface area (Å²) in [6, 6.07) is 0. The maximum atomic E-state index is 4.42. The molecule has 0 spiro atoms. The van der Waals surface area contributed by atoms with Gasteiger partial charge in [-0.15, -0.1) is 0 Å². The van der Waals surface area contributed by atoms with E-state index in [0.717, 1.165) is 30.5 Å². The Morgan fingerprint density at radius 1 is 1.44 bits per heavy atom. The summed E-state index contributed by atoms with van der Waals surface area (Å²) < 4.78 is 0. The first-order valence-corrected chi connectivity index (χ1v) is 6.54. The van der Waals surface area contributed by atoms with Crippen LogP contribution in [0.3, 0.4) is 0 Å². The van der Waals surface area contributed by atoms with Gasteiger partial charge in [-0.1, -0.05) is 0 Å². The predicted molar refractivity (Wildman–Crippen MR) is 73.7 cm³/mol. The largest absolute Gasteiger partial charge is 0.344 e. The molecule has 0 aromatic carbocycles. The Morgan fingerprint density at radius 2 is 2.17 bits per heavy atom. The molecule has 1 atom stereocenters. The Balaban J connectivity index is 1.90. The second-order valence-corrected chi connectivity index (χ2v) is 5.22. The van der Waals surface area contributed by atoms with E-state index in [2.05, 4.69) is 39.2 Å². The molecule has 1 aliphatic rings. The Hall–Kier alpha value is -1.20. The van der Waals surface area contributed by atoms with Crippen molar-refractivity contribution in [2.45, 2.75) is 13.0 Å². The summed E-state index contributed by atoms with van der Waals surface area (Å²) in [4.78, 5) is 13.4. The summed E-state index contributed by atoms with van der Waals surface area (Å²) in [5.74, 6) is 1.56. The molecule has 1 unspecified atom stereocenters. The Morgan fingerprint density at radius 3 is 2.72 bits per heavy atom. The van der Waals surface area contributed by atoms with Crippen LogP contribution < -0.4 is 10.2 Å². The highest BCUT2D eigenvalue weighted by Gasteiger charge is 2.21. The van der Waals surface area contributed by atoms with E-state index in [9.17, 15) is 0 Å². The number of likely N-dealkylation sites (tertiary alicyclic amines) is 1. The number of rotatable bonds is 5. The fraction of sp³-hybridized carbons (Fsp3) is 0.692. The summed E-state index contributed by atoms with van der Waals surface area (Å²) in [6.07, 6.45) is 5.07. The average Bonchev–Trinajstić information content (AvgIpc) is 2.76. The van der Waals surface area contributed by atoms with E-state index in [4.69, 9.17) is 0 Å². The first-order valence-electron chi connectivity index (χ1n) is 6.54. The van der Waals surface area contributed by atoms with Crippen LogP contribution in [-0.4, -0.2) is 55.6 Å². The van der Waals surface area contributed by atoms with Crippen LogP contribution in [0.1, 0.15) is 12.0 Å². The van der Waals surface area contributed by atoms with Gasteiger partial charge in [0.1, 0.15) is 0 Å². The van der Waals surface area contributed by atoms with E-state index in [0.29, 0.717) is 0 Å². The van der Waals surface area contributed by atoms with Gasteiger partial charge in [-0.3, -0.25) is 0 Å². The van der Waals surface area contributed by atoms with E-state index in [1.807, 2.05) is 19.4 Å². The highest BCUT2D eigenvalue weighted by Crippen LogP contribution is 2.17. The topological polar surface area (TPSA) is 44.3 Å². The maximum Gasteiger partial charge on any atom is 0.225 e. The third-order valence-corrected chi connectivity index (χ3v) is 3.44. The van der Waals surface area contributed by atoms with Crippen LogP contribution >= 0.6 is 0 Å². The highest BCUT2D eigenvalue weighted by atomic mass is 15.2. The van der Waals surface area contributed by atoms with Crippen LogP contribution in [0.25, 0.3) is 0 Å². The van der Waals surface area contributed by atoms with Crippen LogP contribution in [0.5, 0.6) is 0 Å². The van der Waals surface area contributed by atoms with Gasteiger partial charge in [0.05, 0.1) is 0 Å². The molecular formula is C13H23N5. The SMILES string of the molecule is CNCc1cnc(N(C)CC2CCN(C)C2)nc1. The monoisotopic (exact) mass is 249 g/mol. The maximum absolute atomic E-state index is 4.42. The molecule has 0 aliphatic carbocycles. The molecule has 1 fully saturated rings.